The van der Waals surface area contributed by atoms with Gasteiger partial charge in [-0.3, -0.25) is 0 Å². The van der Waals surface area contributed by atoms with Crippen LogP contribution in [0.3, 0.4) is 0 Å². The molecule has 1 saturated carbocycles. The van der Waals surface area contributed by atoms with Crippen molar-refractivity contribution in [1.82, 2.24) is 5.32 Å². The molecule has 2 aliphatic rings. The van der Waals surface area contributed by atoms with E-state index in [1.807, 2.05) is 0 Å². The summed E-state index contributed by atoms with van der Waals surface area (Å²) in [4.78, 5) is 0. The third kappa shape index (κ3) is 1.36. The minimum Gasteiger partial charge on any atom is -0.317 e. The summed E-state index contributed by atoms with van der Waals surface area (Å²) in [7, 11) is 0. The Hall–Kier alpha value is 0.470. The number of hydrogen-bond donors (Lipinski definition) is 1. The van der Waals surface area contributed by atoms with Crippen molar-refractivity contribution in [3.63, 3.8) is 0 Å². The molecule has 0 aromatic rings. The Balaban J connectivity index is 0.000000605. The number of halogens is 3. The summed E-state index contributed by atoms with van der Waals surface area (Å²) in [6, 6.07) is 0. The van der Waals surface area contributed by atoms with Gasteiger partial charge in [0, 0.05) is 11.8 Å². The van der Waals surface area contributed by atoms with Crippen molar-refractivity contribution in [2.24, 2.45) is 5.41 Å². The standard InChI is InChI=1S/C7H11ClFN.ClH/c8-7(9)5-6(7)1-3-10-4-2-6;/h10H,1-5H2;1H. The Morgan fingerprint density at radius 2 is 1.73 bits per heavy atom. The van der Waals surface area contributed by atoms with Gasteiger partial charge in [0.15, 0.2) is 5.13 Å². The maximum atomic E-state index is 13.1. The summed E-state index contributed by atoms with van der Waals surface area (Å²) >= 11 is 5.58. The Bertz CT molecular complexity index is 155. The van der Waals surface area contributed by atoms with E-state index >= 15 is 0 Å². The summed E-state index contributed by atoms with van der Waals surface area (Å²) in [5, 5.41) is 1.84. The fourth-order valence-corrected chi connectivity index (χ4v) is 2.27. The Kier molecular flexibility index (Phi) is 2.39. The Morgan fingerprint density at radius 3 is 2.00 bits per heavy atom. The van der Waals surface area contributed by atoms with E-state index in [1.165, 1.54) is 0 Å². The largest absolute Gasteiger partial charge is 0.317 e. The van der Waals surface area contributed by atoms with Crippen molar-refractivity contribution in [3.8, 4) is 0 Å². The third-order valence-electron chi connectivity index (χ3n) is 2.77. The second-order valence-corrected chi connectivity index (χ2v) is 4.01. The lowest BCUT2D eigenvalue weighted by Gasteiger charge is -2.22. The first-order valence-electron chi connectivity index (χ1n) is 3.75. The monoisotopic (exact) mass is 199 g/mol. The number of rotatable bonds is 0. The van der Waals surface area contributed by atoms with Crippen LogP contribution in [0, 0.1) is 5.41 Å². The van der Waals surface area contributed by atoms with Crippen LogP contribution in [0.15, 0.2) is 0 Å². The fourth-order valence-electron chi connectivity index (χ4n) is 1.83. The molecule has 66 valence electrons. The molecule has 1 atom stereocenters. The smallest absolute Gasteiger partial charge is 0.190 e. The van der Waals surface area contributed by atoms with Gasteiger partial charge in [0.25, 0.3) is 0 Å². The van der Waals surface area contributed by atoms with E-state index in [0.29, 0.717) is 6.42 Å². The van der Waals surface area contributed by atoms with E-state index in [0.717, 1.165) is 25.9 Å². The van der Waals surface area contributed by atoms with E-state index in [-0.39, 0.29) is 17.8 Å². The van der Waals surface area contributed by atoms with Gasteiger partial charge in [0.2, 0.25) is 0 Å². The van der Waals surface area contributed by atoms with Gasteiger partial charge in [-0.1, -0.05) is 11.6 Å². The minimum atomic E-state index is -1.35. The van der Waals surface area contributed by atoms with Crippen LogP contribution >= 0.6 is 24.0 Å². The molecule has 1 aliphatic heterocycles. The molecular formula is C7H12Cl2FN. The van der Waals surface area contributed by atoms with Crippen molar-refractivity contribution in [3.05, 3.63) is 0 Å². The average molecular weight is 200 g/mol. The third-order valence-corrected chi connectivity index (χ3v) is 3.31. The van der Waals surface area contributed by atoms with Gasteiger partial charge in [0.05, 0.1) is 0 Å². The first-order valence-corrected chi connectivity index (χ1v) is 4.13. The first-order chi connectivity index (χ1) is 4.66. The van der Waals surface area contributed by atoms with Crippen LogP contribution in [0.5, 0.6) is 0 Å². The molecule has 0 amide bonds. The van der Waals surface area contributed by atoms with Crippen LogP contribution in [0.1, 0.15) is 19.3 Å². The molecule has 0 aromatic carbocycles. The molecule has 1 spiro atoms. The van der Waals surface area contributed by atoms with Crippen LogP contribution in [0.4, 0.5) is 4.39 Å². The van der Waals surface area contributed by atoms with E-state index in [2.05, 4.69) is 5.32 Å². The molecule has 1 saturated heterocycles. The van der Waals surface area contributed by atoms with Gasteiger partial charge in [-0.25, -0.2) is 4.39 Å². The quantitative estimate of drug-likeness (QED) is 0.590. The molecule has 0 radical (unpaired) electrons. The van der Waals surface area contributed by atoms with Crippen molar-refractivity contribution in [1.29, 1.82) is 0 Å². The topological polar surface area (TPSA) is 12.0 Å². The van der Waals surface area contributed by atoms with Crippen molar-refractivity contribution < 1.29 is 4.39 Å². The number of hydrogen-bond acceptors (Lipinski definition) is 1. The molecule has 0 bridgehead atoms. The van der Waals surface area contributed by atoms with Crippen LogP contribution in [-0.4, -0.2) is 18.2 Å². The summed E-state index contributed by atoms with van der Waals surface area (Å²) in [5.74, 6) is 0. The van der Waals surface area contributed by atoms with Crippen LogP contribution in [-0.2, 0) is 0 Å². The maximum absolute atomic E-state index is 13.1. The highest BCUT2D eigenvalue weighted by molar-refractivity contribution is 6.25. The number of piperidine rings is 1. The van der Waals surface area contributed by atoms with Crippen LogP contribution in [0.2, 0.25) is 0 Å². The Morgan fingerprint density at radius 1 is 1.27 bits per heavy atom. The highest BCUT2D eigenvalue weighted by Gasteiger charge is 2.67. The summed E-state index contributed by atoms with van der Waals surface area (Å²) < 4.78 is 13.1. The van der Waals surface area contributed by atoms with E-state index < -0.39 is 5.13 Å². The molecule has 11 heavy (non-hydrogen) atoms. The molecule has 2 rings (SSSR count). The average Bonchev–Trinajstić information content (AvgIpc) is 2.36. The number of nitrogens with one attached hydrogen (secondary N) is 1. The minimum absolute atomic E-state index is 0. The zero-order valence-electron chi connectivity index (χ0n) is 6.20. The molecule has 1 heterocycles. The summed E-state index contributed by atoms with van der Waals surface area (Å²) in [5.41, 5.74) is -0.139. The summed E-state index contributed by atoms with van der Waals surface area (Å²) in [6.45, 7) is 1.86. The number of alkyl halides is 2. The second kappa shape index (κ2) is 2.75. The predicted octanol–water partition coefficient (Wildman–Crippen LogP) is 2.09. The SMILES string of the molecule is Cl.FC1(Cl)CC12CCNCC2. The highest BCUT2D eigenvalue weighted by atomic mass is 35.5. The molecule has 1 unspecified atom stereocenters. The molecule has 2 fully saturated rings. The Labute approximate surface area is 77.1 Å². The van der Waals surface area contributed by atoms with Gasteiger partial charge < -0.3 is 5.32 Å². The lowest BCUT2D eigenvalue weighted by molar-refractivity contribution is 0.256. The molecule has 4 heteroatoms. The van der Waals surface area contributed by atoms with Gasteiger partial charge >= 0.3 is 0 Å². The molecule has 1 aliphatic carbocycles. The van der Waals surface area contributed by atoms with Crippen molar-refractivity contribution in [2.45, 2.75) is 24.4 Å². The normalized spacial score (nSPS) is 39.8. The lowest BCUT2D eigenvalue weighted by Crippen LogP contribution is -2.31. The van der Waals surface area contributed by atoms with Gasteiger partial charge in [-0.2, -0.15) is 0 Å². The van der Waals surface area contributed by atoms with Gasteiger partial charge in [-0.15, -0.1) is 12.4 Å². The van der Waals surface area contributed by atoms with Gasteiger partial charge in [0.1, 0.15) is 0 Å². The van der Waals surface area contributed by atoms with Crippen molar-refractivity contribution in [2.75, 3.05) is 13.1 Å². The second-order valence-electron chi connectivity index (χ2n) is 3.41. The maximum Gasteiger partial charge on any atom is 0.190 e. The predicted molar refractivity (Wildman–Crippen MR) is 46.1 cm³/mol. The van der Waals surface area contributed by atoms with E-state index in [9.17, 15) is 4.39 Å². The zero-order chi connectivity index (χ0) is 7.24. The van der Waals surface area contributed by atoms with Crippen LogP contribution < -0.4 is 5.32 Å². The molecular weight excluding hydrogens is 188 g/mol. The molecule has 0 aromatic heterocycles. The molecule has 1 N–H and O–H groups in total. The van der Waals surface area contributed by atoms with Crippen LogP contribution in [0.25, 0.3) is 0 Å². The summed E-state index contributed by atoms with van der Waals surface area (Å²) in [6.07, 6.45) is 2.39. The zero-order valence-corrected chi connectivity index (χ0v) is 7.77. The van der Waals surface area contributed by atoms with Gasteiger partial charge in [-0.05, 0) is 25.9 Å². The first kappa shape index (κ1) is 9.56. The van der Waals surface area contributed by atoms with Crippen molar-refractivity contribution >= 4 is 24.0 Å². The lowest BCUT2D eigenvalue weighted by atomic mass is 9.95. The van der Waals surface area contributed by atoms with E-state index in [1.54, 1.807) is 0 Å². The fraction of sp³-hybridized carbons (Fsp3) is 1.00. The molecule has 1 nitrogen and oxygen atoms in total. The highest BCUT2D eigenvalue weighted by Crippen LogP contribution is 2.66. The van der Waals surface area contributed by atoms with E-state index in [4.69, 9.17) is 11.6 Å².